The number of aliphatic hydroxyl groups is 23. The molecule has 7 saturated heterocycles. The Morgan fingerprint density at radius 3 is 0.615 bits per heavy atom. The van der Waals surface area contributed by atoms with E-state index < -0.39 is 261 Å². The maximum atomic E-state index is 11.7. The normalized spacial score (nSPS) is 53.5. The van der Waals surface area contributed by atoms with Crippen LogP contribution in [0.1, 0.15) is 0 Å². The van der Waals surface area contributed by atoms with Crippen molar-refractivity contribution in [2.75, 3.05) is 46.2 Å². The molecule has 78 heavy (non-hydrogen) atoms. The summed E-state index contributed by atoms with van der Waals surface area (Å²) in [4.78, 5) is 0. The zero-order valence-electron chi connectivity index (χ0n) is 40.8. The summed E-state index contributed by atoms with van der Waals surface area (Å²) in [7, 11) is 0. The SMILES string of the molecule is OC[C@H]1O[C@@H](O[C@H]2[C@H](O[C@H]3[C@H](O[C@H]4[C@H](O[C@H]5[C@H](O[C@H]6[C@H](O[C@H]7C(O)O[C@H](CO)[C@@H](O)[C@@H]7O)O[C@H](CO)[C@@H](O)[C@@H]6O)O[C@H](CO)[C@@H](O)[C@@H]5O)O[C@H](CO)[C@@H](O)[C@@H]4O)O[C@H](CO)[C@@H](O)[C@@H]3O)O[C@H](CO)[C@@H](O)[C@@H]2O)[C@H](O)[C@@H](O)[C@@H]1O. The lowest BCUT2D eigenvalue weighted by Crippen LogP contribution is -2.69. The van der Waals surface area contributed by atoms with Crippen LogP contribution in [0.5, 0.6) is 0 Å². The maximum absolute atomic E-state index is 11.7. The first-order chi connectivity index (χ1) is 37.0. The van der Waals surface area contributed by atoms with Gasteiger partial charge in [0.25, 0.3) is 0 Å². The molecule has 7 aliphatic heterocycles. The minimum Gasteiger partial charge on any atom is -0.394 e. The monoisotopic (exact) mass is 1150 g/mol. The molecule has 7 fully saturated rings. The van der Waals surface area contributed by atoms with E-state index in [0.717, 1.165) is 0 Å². The van der Waals surface area contributed by atoms with Crippen molar-refractivity contribution in [2.45, 2.75) is 215 Å². The van der Waals surface area contributed by atoms with Gasteiger partial charge in [-0.15, -0.1) is 0 Å². The lowest BCUT2D eigenvalue weighted by atomic mass is 9.95. The summed E-state index contributed by atoms with van der Waals surface area (Å²) >= 11 is 0. The molecule has 0 saturated carbocycles. The molecule has 456 valence electrons. The standard InChI is InChI=1S/C42H72O36/c43-1-8-16(51)23(58)30(36(65)66-8)73-38-32(25(60)18(53)10(3-45)68-38)75-40-34(27(62)20(55)12(5-47)70-40)77-42-35(28(63)21(56)14(7-49)72-42)78-41-33(26(61)19(54)13(6-48)71-41)76-39-31(24(59)17(52)11(4-46)69-39)74-37-29(64)22(57)15(50)9(2-44)67-37/h8-65H,1-7H2/t8-,9-,10-,11-,12-,13-,14-,15-,16-,17-,18-,19-,20-,21-,22+,23+,24+,25+,26+,27+,28+,29-,30-,31-,32-,33-,34-,35-,36?,37+,38+,39+,40+,41+,42+/m1/s1. The van der Waals surface area contributed by atoms with Crippen molar-refractivity contribution >= 4 is 0 Å². The fraction of sp³-hybridized carbons (Fsp3) is 1.00. The second kappa shape index (κ2) is 27.5. The summed E-state index contributed by atoms with van der Waals surface area (Å²) in [5.41, 5.74) is 0. The molecule has 0 aromatic heterocycles. The van der Waals surface area contributed by atoms with E-state index >= 15 is 0 Å². The van der Waals surface area contributed by atoms with Crippen LogP contribution in [0.4, 0.5) is 0 Å². The first-order valence-electron chi connectivity index (χ1n) is 24.7. The maximum Gasteiger partial charge on any atom is 0.187 e. The molecule has 0 bridgehead atoms. The van der Waals surface area contributed by atoms with Gasteiger partial charge < -0.3 is 179 Å². The van der Waals surface area contributed by atoms with Gasteiger partial charge in [-0.1, -0.05) is 0 Å². The minimum atomic E-state index is -2.34. The summed E-state index contributed by atoms with van der Waals surface area (Å²) in [5, 5.41) is 246. The fourth-order valence-corrected chi connectivity index (χ4v) is 9.88. The Morgan fingerprint density at radius 1 is 0.192 bits per heavy atom. The highest BCUT2D eigenvalue weighted by molar-refractivity contribution is 5.01. The van der Waals surface area contributed by atoms with E-state index in [2.05, 4.69) is 0 Å². The Balaban J connectivity index is 1.20. The molecule has 7 heterocycles. The lowest BCUT2D eigenvalue weighted by Gasteiger charge is -2.51. The van der Waals surface area contributed by atoms with Crippen molar-refractivity contribution in [3.63, 3.8) is 0 Å². The van der Waals surface area contributed by atoms with Crippen LogP contribution in [-0.2, 0) is 61.6 Å². The van der Waals surface area contributed by atoms with Crippen molar-refractivity contribution in [3.8, 4) is 0 Å². The number of hydrogen-bond acceptors (Lipinski definition) is 36. The van der Waals surface area contributed by atoms with Crippen LogP contribution in [-0.4, -0.2) is 379 Å². The van der Waals surface area contributed by atoms with E-state index in [1.54, 1.807) is 0 Å². The van der Waals surface area contributed by atoms with Crippen LogP contribution in [0, 0.1) is 0 Å². The van der Waals surface area contributed by atoms with E-state index in [0.29, 0.717) is 0 Å². The van der Waals surface area contributed by atoms with Gasteiger partial charge in [-0.25, -0.2) is 0 Å². The van der Waals surface area contributed by atoms with E-state index in [-0.39, 0.29) is 0 Å². The molecule has 0 radical (unpaired) electrons. The summed E-state index contributed by atoms with van der Waals surface area (Å²) in [6, 6.07) is 0. The predicted octanol–water partition coefficient (Wildman–Crippen LogP) is -16.3. The molecule has 7 rings (SSSR count). The van der Waals surface area contributed by atoms with Gasteiger partial charge in [0.2, 0.25) is 0 Å². The van der Waals surface area contributed by atoms with Crippen LogP contribution >= 0.6 is 0 Å². The molecule has 23 N–H and O–H groups in total. The van der Waals surface area contributed by atoms with Crippen LogP contribution in [0.2, 0.25) is 0 Å². The molecule has 0 spiro atoms. The van der Waals surface area contributed by atoms with Gasteiger partial charge in [0.05, 0.1) is 46.2 Å². The number of hydrogen-bond donors (Lipinski definition) is 23. The summed E-state index contributed by atoms with van der Waals surface area (Å²) in [6.45, 7) is -7.18. The highest BCUT2D eigenvalue weighted by atomic mass is 16.8. The Bertz CT molecular complexity index is 1820. The molecule has 0 aromatic rings. The van der Waals surface area contributed by atoms with Crippen molar-refractivity contribution in [1.82, 2.24) is 0 Å². The number of rotatable bonds is 19. The Labute approximate surface area is 439 Å². The molecule has 1 unspecified atom stereocenters. The highest BCUT2D eigenvalue weighted by Crippen LogP contribution is 2.39. The Morgan fingerprint density at radius 2 is 0.372 bits per heavy atom. The third-order valence-corrected chi connectivity index (χ3v) is 14.6. The molecular weight excluding hydrogens is 1080 g/mol. The average molecular weight is 1150 g/mol. The summed E-state index contributed by atoms with van der Waals surface area (Å²) < 4.78 is 74.3. The van der Waals surface area contributed by atoms with E-state index in [1.807, 2.05) is 0 Å². The van der Waals surface area contributed by atoms with Gasteiger partial charge >= 0.3 is 0 Å². The van der Waals surface area contributed by atoms with Crippen molar-refractivity contribution in [3.05, 3.63) is 0 Å². The number of ether oxygens (including phenoxy) is 13. The van der Waals surface area contributed by atoms with Gasteiger partial charge in [-0.2, -0.15) is 0 Å². The molecule has 35 atom stereocenters. The van der Waals surface area contributed by atoms with Gasteiger partial charge in [0, 0.05) is 0 Å². The third kappa shape index (κ3) is 12.9. The molecule has 36 nitrogen and oxygen atoms in total. The molecule has 0 amide bonds. The molecule has 0 aliphatic carbocycles. The predicted molar refractivity (Wildman–Crippen MR) is 232 cm³/mol. The zero-order chi connectivity index (χ0) is 57.3. The highest BCUT2D eigenvalue weighted by Gasteiger charge is 2.59. The van der Waals surface area contributed by atoms with Gasteiger partial charge in [0.1, 0.15) is 171 Å². The van der Waals surface area contributed by atoms with Crippen molar-refractivity contribution < 1.29 is 179 Å². The molecule has 0 aromatic carbocycles. The van der Waals surface area contributed by atoms with Crippen LogP contribution in [0.15, 0.2) is 0 Å². The topological polar surface area (TPSA) is 585 Å². The summed E-state index contributed by atoms with van der Waals surface area (Å²) in [6.07, 6.45) is -72.5. The quantitative estimate of drug-likeness (QED) is 0.0571. The fourth-order valence-electron chi connectivity index (χ4n) is 9.88. The Hall–Kier alpha value is -1.44. The first-order valence-corrected chi connectivity index (χ1v) is 24.7. The van der Waals surface area contributed by atoms with E-state index in [9.17, 15) is 117 Å². The molecular formula is C42H72O36. The zero-order valence-corrected chi connectivity index (χ0v) is 40.8. The Kier molecular flexibility index (Phi) is 22.6. The van der Waals surface area contributed by atoms with Crippen molar-refractivity contribution in [2.24, 2.45) is 0 Å². The van der Waals surface area contributed by atoms with E-state index in [1.165, 1.54) is 0 Å². The van der Waals surface area contributed by atoms with Crippen LogP contribution in [0.25, 0.3) is 0 Å². The van der Waals surface area contributed by atoms with Crippen LogP contribution < -0.4 is 0 Å². The second-order valence-corrected chi connectivity index (χ2v) is 19.6. The molecule has 7 aliphatic rings. The summed E-state index contributed by atoms with van der Waals surface area (Å²) in [5.74, 6) is 0. The number of aliphatic hydroxyl groups excluding tert-OH is 23. The lowest BCUT2D eigenvalue weighted by molar-refractivity contribution is -0.420. The third-order valence-electron chi connectivity index (χ3n) is 14.6. The smallest absolute Gasteiger partial charge is 0.187 e. The van der Waals surface area contributed by atoms with E-state index in [4.69, 9.17) is 61.6 Å². The second-order valence-electron chi connectivity index (χ2n) is 19.6. The average Bonchev–Trinajstić information content (AvgIpc) is 3.43. The van der Waals surface area contributed by atoms with Crippen LogP contribution in [0.3, 0.4) is 0 Å². The molecule has 36 heteroatoms. The largest absolute Gasteiger partial charge is 0.394 e. The van der Waals surface area contributed by atoms with Gasteiger partial charge in [-0.05, 0) is 0 Å². The van der Waals surface area contributed by atoms with Crippen molar-refractivity contribution in [1.29, 1.82) is 0 Å². The van der Waals surface area contributed by atoms with Gasteiger partial charge in [0.15, 0.2) is 44.0 Å². The first kappa shape index (κ1) is 64.1. The minimum absolute atomic E-state index is 0.890. The van der Waals surface area contributed by atoms with Gasteiger partial charge in [-0.3, -0.25) is 0 Å².